The monoisotopic (exact) mass is 456 g/mol. The number of carbonyl (C=O) groups excluding carboxylic acids is 1. The molecule has 0 aliphatic rings. The number of benzene rings is 2. The highest BCUT2D eigenvalue weighted by atomic mass is 32.2. The minimum atomic E-state index is -3.32. The van der Waals surface area contributed by atoms with Gasteiger partial charge in [0.25, 0.3) is 5.91 Å². The molecule has 11 heteroatoms. The van der Waals surface area contributed by atoms with Crippen molar-refractivity contribution in [1.82, 2.24) is 25.2 Å². The smallest absolute Gasteiger partial charge is 0.253 e. The minimum absolute atomic E-state index is 0.107. The number of aromatic nitrogens is 5. The lowest BCUT2D eigenvalue weighted by molar-refractivity contribution is -0.121. The molecule has 0 radical (unpaired) electrons. The Morgan fingerprint density at radius 1 is 1.13 bits per heavy atom. The van der Waals surface area contributed by atoms with Gasteiger partial charge in [0.1, 0.15) is 0 Å². The fourth-order valence-corrected chi connectivity index (χ4v) is 4.72. The second kappa shape index (κ2) is 8.16. The van der Waals surface area contributed by atoms with E-state index in [1.807, 2.05) is 44.2 Å². The van der Waals surface area contributed by atoms with Gasteiger partial charge in [0, 0.05) is 11.8 Å². The molecule has 31 heavy (non-hydrogen) atoms. The van der Waals surface area contributed by atoms with E-state index < -0.39 is 15.9 Å². The molecule has 2 aromatic heterocycles. The Kier molecular flexibility index (Phi) is 5.54. The predicted octanol–water partition coefficient (Wildman–Crippen LogP) is 3.19. The van der Waals surface area contributed by atoms with Gasteiger partial charge < -0.3 is 0 Å². The summed E-state index contributed by atoms with van der Waals surface area (Å²) in [6, 6.07) is 13.4. The SMILES string of the molecule is CC(C)C(C(=O)Nc1nc2ccc(S(C)(=O)=O)cc2s1)n1nnc(-c2ccccc2)n1. The highest BCUT2D eigenvalue weighted by molar-refractivity contribution is 7.90. The number of hydrogen-bond acceptors (Lipinski definition) is 8. The number of fused-ring (bicyclic) bond motifs is 1. The number of anilines is 1. The van der Waals surface area contributed by atoms with E-state index >= 15 is 0 Å². The lowest BCUT2D eigenvalue weighted by Gasteiger charge is -2.17. The van der Waals surface area contributed by atoms with Gasteiger partial charge in [-0.05, 0) is 29.3 Å². The lowest BCUT2D eigenvalue weighted by atomic mass is 10.0. The zero-order valence-electron chi connectivity index (χ0n) is 17.1. The third-order valence-electron chi connectivity index (χ3n) is 4.63. The summed E-state index contributed by atoms with van der Waals surface area (Å²) in [7, 11) is -3.32. The van der Waals surface area contributed by atoms with E-state index in [-0.39, 0.29) is 16.7 Å². The number of amides is 1. The van der Waals surface area contributed by atoms with Crippen LogP contribution < -0.4 is 5.32 Å². The summed E-state index contributed by atoms with van der Waals surface area (Å²) in [4.78, 5) is 19.0. The van der Waals surface area contributed by atoms with Gasteiger partial charge in [0.15, 0.2) is 21.0 Å². The van der Waals surface area contributed by atoms with Gasteiger partial charge in [0.2, 0.25) is 5.82 Å². The number of tetrazole rings is 1. The molecule has 0 fully saturated rings. The maximum atomic E-state index is 13.0. The third-order valence-corrected chi connectivity index (χ3v) is 6.67. The first-order chi connectivity index (χ1) is 14.7. The van der Waals surface area contributed by atoms with Crippen LogP contribution in [-0.2, 0) is 14.6 Å². The Morgan fingerprint density at radius 2 is 1.87 bits per heavy atom. The molecule has 4 aromatic rings. The topological polar surface area (TPSA) is 120 Å². The number of rotatable bonds is 6. The molecular formula is C20H20N6O3S2. The van der Waals surface area contributed by atoms with E-state index in [0.717, 1.165) is 11.8 Å². The van der Waals surface area contributed by atoms with Crippen LogP contribution in [0, 0.1) is 5.92 Å². The first kappa shape index (κ1) is 21.1. The van der Waals surface area contributed by atoms with Crippen LogP contribution in [0.4, 0.5) is 5.13 Å². The van der Waals surface area contributed by atoms with Crippen molar-refractivity contribution in [2.24, 2.45) is 5.92 Å². The van der Waals surface area contributed by atoms with Crippen LogP contribution in [0.25, 0.3) is 21.6 Å². The molecule has 0 bridgehead atoms. The summed E-state index contributed by atoms with van der Waals surface area (Å²) in [5, 5.41) is 15.7. The van der Waals surface area contributed by atoms with Crippen molar-refractivity contribution in [1.29, 1.82) is 0 Å². The van der Waals surface area contributed by atoms with Crippen LogP contribution in [0.5, 0.6) is 0 Å². The fraction of sp³-hybridized carbons (Fsp3) is 0.250. The average molecular weight is 457 g/mol. The Bertz CT molecular complexity index is 1350. The second-order valence-corrected chi connectivity index (χ2v) is 10.4. The predicted molar refractivity (Wildman–Crippen MR) is 118 cm³/mol. The molecule has 0 spiro atoms. The molecule has 1 atom stereocenters. The number of sulfone groups is 1. The average Bonchev–Trinajstić information content (AvgIpc) is 3.34. The normalized spacial score (nSPS) is 12.9. The van der Waals surface area contributed by atoms with Crippen LogP contribution in [0.3, 0.4) is 0 Å². The molecule has 2 aromatic carbocycles. The van der Waals surface area contributed by atoms with Gasteiger partial charge in [-0.1, -0.05) is 55.5 Å². The largest absolute Gasteiger partial charge is 0.300 e. The number of carbonyl (C=O) groups is 1. The Morgan fingerprint density at radius 3 is 2.55 bits per heavy atom. The van der Waals surface area contributed by atoms with E-state index in [2.05, 4.69) is 25.7 Å². The highest BCUT2D eigenvalue weighted by Crippen LogP contribution is 2.29. The summed E-state index contributed by atoms with van der Waals surface area (Å²) in [6.07, 6.45) is 1.15. The third kappa shape index (κ3) is 4.47. The van der Waals surface area contributed by atoms with Crippen molar-refractivity contribution in [3.8, 4) is 11.4 Å². The summed E-state index contributed by atoms with van der Waals surface area (Å²) in [6.45, 7) is 3.79. The first-order valence-corrected chi connectivity index (χ1v) is 12.2. The van der Waals surface area contributed by atoms with E-state index in [0.29, 0.717) is 21.2 Å². The molecule has 0 saturated heterocycles. The second-order valence-electron chi connectivity index (χ2n) is 7.40. The van der Waals surface area contributed by atoms with Crippen LogP contribution >= 0.6 is 11.3 Å². The summed E-state index contributed by atoms with van der Waals surface area (Å²) in [5.74, 6) is 0.00536. The van der Waals surface area contributed by atoms with Gasteiger partial charge in [-0.3, -0.25) is 10.1 Å². The first-order valence-electron chi connectivity index (χ1n) is 9.49. The lowest BCUT2D eigenvalue weighted by Crippen LogP contribution is -2.31. The maximum Gasteiger partial charge on any atom is 0.253 e. The standard InChI is InChI=1S/C20H20N6O3S2/c1-12(2)17(26-24-18(23-25-26)13-7-5-4-6-8-13)19(27)22-20-21-15-10-9-14(31(3,28)29)11-16(15)30-20/h4-12,17H,1-3H3,(H,21,22,27). The van der Waals surface area contributed by atoms with Gasteiger partial charge in [-0.2, -0.15) is 4.80 Å². The van der Waals surface area contributed by atoms with Crippen molar-refractivity contribution in [2.45, 2.75) is 24.8 Å². The molecule has 0 aliphatic heterocycles. The van der Waals surface area contributed by atoms with Gasteiger partial charge in [0.05, 0.1) is 15.1 Å². The molecule has 4 rings (SSSR count). The van der Waals surface area contributed by atoms with Crippen molar-refractivity contribution in [3.63, 3.8) is 0 Å². The van der Waals surface area contributed by atoms with Crippen molar-refractivity contribution < 1.29 is 13.2 Å². The Balaban J connectivity index is 1.59. The van der Waals surface area contributed by atoms with Crippen molar-refractivity contribution in [3.05, 3.63) is 48.5 Å². The molecule has 2 heterocycles. The zero-order chi connectivity index (χ0) is 22.2. The number of nitrogens with one attached hydrogen (secondary N) is 1. The number of thiazole rings is 1. The van der Waals surface area contributed by atoms with Crippen molar-refractivity contribution in [2.75, 3.05) is 11.6 Å². The Labute approximate surface area is 183 Å². The van der Waals surface area contributed by atoms with Gasteiger partial charge in [-0.25, -0.2) is 13.4 Å². The molecule has 1 unspecified atom stereocenters. The summed E-state index contributed by atoms with van der Waals surface area (Å²) >= 11 is 1.21. The molecule has 0 aliphatic carbocycles. The molecule has 1 N–H and O–H groups in total. The zero-order valence-corrected chi connectivity index (χ0v) is 18.7. The molecule has 1 amide bonds. The van der Waals surface area contributed by atoms with Crippen LogP contribution in [0.2, 0.25) is 0 Å². The molecular weight excluding hydrogens is 436 g/mol. The number of hydrogen-bond donors (Lipinski definition) is 1. The quantitative estimate of drug-likeness (QED) is 0.473. The van der Waals surface area contributed by atoms with Crippen LogP contribution in [0.15, 0.2) is 53.4 Å². The van der Waals surface area contributed by atoms with Crippen molar-refractivity contribution >= 4 is 42.4 Å². The minimum Gasteiger partial charge on any atom is -0.300 e. The van der Waals surface area contributed by atoms with E-state index in [9.17, 15) is 13.2 Å². The molecule has 0 saturated carbocycles. The summed E-state index contributed by atoms with van der Waals surface area (Å²) < 4.78 is 24.2. The van der Waals surface area contributed by atoms with Crippen LogP contribution in [-0.4, -0.2) is 45.8 Å². The maximum absolute atomic E-state index is 13.0. The van der Waals surface area contributed by atoms with E-state index in [4.69, 9.17) is 0 Å². The number of nitrogens with zero attached hydrogens (tertiary/aromatic N) is 5. The van der Waals surface area contributed by atoms with E-state index in [1.165, 1.54) is 22.2 Å². The fourth-order valence-electron chi connectivity index (χ4n) is 3.09. The molecule has 160 valence electrons. The Hall–Kier alpha value is -3.18. The van der Waals surface area contributed by atoms with Gasteiger partial charge in [-0.15, -0.1) is 10.2 Å². The molecule has 9 nitrogen and oxygen atoms in total. The van der Waals surface area contributed by atoms with Gasteiger partial charge >= 0.3 is 0 Å². The van der Waals surface area contributed by atoms with E-state index in [1.54, 1.807) is 12.1 Å². The highest BCUT2D eigenvalue weighted by Gasteiger charge is 2.28. The van der Waals surface area contributed by atoms with Crippen LogP contribution in [0.1, 0.15) is 19.9 Å². The summed E-state index contributed by atoms with van der Waals surface area (Å²) in [5.41, 5.74) is 1.42.